The molecular weight excluding hydrogens is 582 g/mol. The van der Waals surface area contributed by atoms with Crippen LogP contribution in [0.5, 0.6) is 11.5 Å². The Morgan fingerprint density at radius 2 is 1.97 bits per heavy atom. The second kappa shape index (κ2) is 12.0. The quantitative estimate of drug-likeness (QED) is 0.266. The van der Waals surface area contributed by atoms with Gasteiger partial charge in [0.2, 0.25) is 0 Å². The van der Waals surface area contributed by atoms with E-state index in [1.165, 1.54) is 11.3 Å². The molecule has 0 saturated carbocycles. The number of benzene rings is 2. The molecule has 2 aromatic carbocycles. The van der Waals surface area contributed by atoms with Crippen LogP contribution in [0.3, 0.4) is 0 Å². The number of halogens is 1. The number of methoxy groups -OCH3 is 1. The second-order valence-electron chi connectivity index (χ2n) is 8.92. The molecule has 1 aromatic heterocycles. The lowest BCUT2D eigenvalue weighted by molar-refractivity contribution is -0.139. The first kappa shape index (κ1) is 28.4. The summed E-state index contributed by atoms with van der Waals surface area (Å²) in [6.07, 6.45) is 3.43. The van der Waals surface area contributed by atoms with Gasteiger partial charge in [-0.2, -0.15) is 0 Å². The largest absolute Gasteiger partial charge is 0.493 e. The van der Waals surface area contributed by atoms with E-state index in [4.69, 9.17) is 14.2 Å². The highest BCUT2D eigenvalue weighted by molar-refractivity contribution is 9.10. The smallest absolute Gasteiger partial charge is 0.338 e. The van der Waals surface area contributed by atoms with Gasteiger partial charge in [-0.1, -0.05) is 36.1 Å². The SMILES string of the molecule is C=CCOc1c(Br)cc(C=c2sc3n(c2=O)[C@@H](c2ccc(N(C)C)cc2)C(C(=O)OCC)=C(C)N=3)cc1OC. The third kappa shape index (κ3) is 5.72. The van der Waals surface area contributed by atoms with Crippen LogP contribution in [0.4, 0.5) is 5.69 Å². The van der Waals surface area contributed by atoms with Crippen LogP contribution in [0, 0.1) is 0 Å². The maximum atomic E-state index is 13.9. The summed E-state index contributed by atoms with van der Waals surface area (Å²) in [5.74, 6) is 0.579. The molecule has 0 unspecified atom stereocenters. The van der Waals surface area contributed by atoms with Crippen molar-refractivity contribution in [1.29, 1.82) is 0 Å². The Bertz CT molecular complexity index is 1620. The standard InChI is InChI=1S/C29H30BrN3O5S/c1-7-13-38-26-21(30)14-18(15-22(26)36-6)16-23-27(34)33-25(19-9-11-20(12-10-19)32(4)5)24(28(35)37-8-2)17(3)31-29(33)39-23/h7,9-12,14-16,25H,1,8,13H2,2-6H3/t25-/m0/s1. The van der Waals surface area contributed by atoms with Crippen molar-refractivity contribution in [2.75, 3.05) is 39.3 Å². The highest BCUT2D eigenvalue weighted by Crippen LogP contribution is 2.37. The van der Waals surface area contributed by atoms with E-state index in [0.29, 0.717) is 43.2 Å². The highest BCUT2D eigenvalue weighted by Gasteiger charge is 2.33. The minimum atomic E-state index is -0.672. The summed E-state index contributed by atoms with van der Waals surface area (Å²) in [5, 5.41) is 0. The zero-order valence-corrected chi connectivity index (χ0v) is 24.9. The molecule has 0 bridgehead atoms. The maximum Gasteiger partial charge on any atom is 0.338 e. The molecule has 2 heterocycles. The van der Waals surface area contributed by atoms with Gasteiger partial charge in [-0.15, -0.1) is 0 Å². The van der Waals surface area contributed by atoms with Gasteiger partial charge >= 0.3 is 5.97 Å². The van der Waals surface area contributed by atoms with E-state index in [9.17, 15) is 9.59 Å². The van der Waals surface area contributed by atoms with Gasteiger partial charge in [-0.05, 0) is 71.2 Å². The van der Waals surface area contributed by atoms with E-state index in [1.54, 1.807) is 43.7 Å². The van der Waals surface area contributed by atoms with Gasteiger partial charge in [0.1, 0.15) is 6.61 Å². The molecule has 1 atom stereocenters. The van der Waals surface area contributed by atoms with E-state index in [-0.39, 0.29) is 12.2 Å². The summed E-state index contributed by atoms with van der Waals surface area (Å²) in [6, 6.07) is 10.8. The van der Waals surface area contributed by atoms with E-state index < -0.39 is 12.0 Å². The first-order valence-electron chi connectivity index (χ1n) is 12.3. The number of ether oxygens (including phenoxy) is 3. The molecule has 10 heteroatoms. The summed E-state index contributed by atoms with van der Waals surface area (Å²) in [6.45, 7) is 7.75. The third-order valence-electron chi connectivity index (χ3n) is 6.14. The van der Waals surface area contributed by atoms with Crippen LogP contribution in [-0.2, 0) is 9.53 Å². The van der Waals surface area contributed by atoms with Crippen LogP contribution in [0.2, 0.25) is 0 Å². The minimum absolute atomic E-state index is 0.218. The topological polar surface area (TPSA) is 82.4 Å². The van der Waals surface area contributed by atoms with Crippen LogP contribution in [-0.4, -0.2) is 45.0 Å². The van der Waals surface area contributed by atoms with Gasteiger partial charge in [0.25, 0.3) is 5.56 Å². The van der Waals surface area contributed by atoms with Crippen molar-refractivity contribution < 1.29 is 19.0 Å². The normalized spacial score (nSPS) is 14.9. The van der Waals surface area contributed by atoms with Crippen LogP contribution >= 0.6 is 27.3 Å². The molecule has 0 N–H and O–H groups in total. The average Bonchev–Trinajstić information content (AvgIpc) is 3.21. The number of hydrogen-bond acceptors (Lipinski definition) is 8. The maximum absolute atomic E-state index is 13.9. The first-order valence-corrected chi connectivity index (χ1v) is 13.9. The summed E-state index contributed by atoms with van der Waals surface area (Å²) < 4.78 is 19.4. The first-order chi connectivity index (χ1) is 18.7. The number of anilines is 1. The lowest BCUT2D eigenvalue weighted by Crippen LogP contribution is -2.39. The average molecular weight is 613 g/mol. The zero-order chi connectivity index (χ0) is 28.3. The van der Waals surface area contributed by atoms with Crippen molar-refractivity contribution in [3.63, 3.8) is 0 Å². The van der Waals surface area contributed by atoms with E-state index in [0.717, 1.165) is 16.8 Å². The molecule has 204 valence electrons. The molecule has 39 heavy (non-hydrogen) atoms. The van der Waals surface area contributed by atoms with Crippen molar-refractivity contribution in [2.24, 2.45) is 4.99 Å². The summed E-state index contributed by atoms with van der Waals surface area (Å²) in [4.78, 5) is 34.1. The number of carbonyl (C=O) groups is 1. The third-order valence-corrected chi connectivity index (χ3v) is 7.71. The van der Waals surface area contributed by atoms with Crippen LogP contribution in [0.15, 0.2) is 74.6 Å². The molecule has 1 aliphatic rings. The van der Waals surface area contributed by atoms with Crippen LogP contribution in [0.1, 0.15) is 31.0 Å². The predicted octanol–water partition coefficient (Wildman–Crippen LogP) is 4.20. The Morgan fingerprint density at radius 3 is 2.59 bits per heavy atom. The lowest BCUT2D eigenvalue weighted by atomic mass is 9.95. The number of aromatic nitrogens is 1. The molecular formula is C29H30BrN3O5S. The predicted molar refractivity (Wildman–Crippen MR) is 158 cm³/mol. The fraction of sp³-hybridized carbons (Fsp3) is 0.276. The van der Waals surface area contributed by atoms with Crippen molar-refractivity contribution >= 4 is 45.0 Å². The van der Waals surface area contributed by atoms with Gasteiger partial charge in [0.15, 0.2) is 16.3 Å². The number of esters is 1. The molecule has 0 saturated heterocycles. The summed E-state index contributed by atoms with van der Waals surface area (Å²) in [7, 11) is 5.47. The summed E-state index contributed by atoms with van der Waals surface area (Å²) in [5.41, 5.74) is 3.15. The van der Waals surface area contributed by atoms with Crippen molar-refractivity contribution in [1.82, 2.24) is 4.57 Å². The van der Waals surface area contributed by atoms with Crippen molar-refractivity contribution in [2.45, 2.75) is 19.9 Å². The minimum Gasteiger partial charge on any atom is -0.493 e. The molecule has 4 rings (SSSR count). The Kier molecular flexibility index (Phi) is 8.76. The van der Waals surface area contributed by atoms with Crippen molar-refractivity contribution in [3.8, 4) is 11.5 Å². The van der Waals surface area contributed by atoms with Crippen LogP contribution in [0.25, 0.3) is 6.08 Å². The number of rotatable bonds is 9. The molecule has 0 spiro atoms. The second-order valence-corrected chi connectivity index (χ2v) is 10.8. The molecule has 0 fully saturated rings. The van der Waals surface area contributed by atoms with Gasteiger partial charge in [-0.25, -0.2) is 9.79 Å². The molecule has 0 amide bonds. The fourth-order valence-electron chi connectivity index (χ4n) is 4.32. The molecule has 0 aliphatic carbocycles. The monoisotopic (exact) mass is 611 g/mol. The Morgan fingerprint density at radius 1 is 1.26 bits per heavy atom. The highest BCUT2D eigenvalue weighted by atomic mass is 79.9. The van der Waals surface area contributed by atoms with Gasteiger partial charge in [-0.3, -0.25) is 9.36 Å². The van der Waals surface area contributed by atoms with Crippen molar-refractivity contribution in [3.05, 3.63) is 95.6 Å². The summed E-state index contributed by atoms with van der Waals surface area (Å²) >= 11 is 4.81. The molecule has 0 radical (unpaired) electrons. The zero-order valence-electron chi connectivity index (χ0n) is 22.5. The molecule has 1 aliphatic heterocycles. The Hall–Kier alpha value is -3.63. The number of carbonyl (C=O) groups excluding carboxylic acids is 1. The lowest BCUT2D eigenvalue weighted by Gasteiger charge is -2.25. The Labute approximate surface area is 239 Å². The van der Waals surface area contributed by atoms with Gasteiger partial charge < -0.3 is 19.1 Å². The molecule has 8 nitrogen and oxygen atoms in total. The number of nitrogens with zero attached hydrogens (tertiary/aromatic N) is 3. The van der Waals surface area contributed by atoms with E-state index >= 15 is 0 Å². The van der Waals surface area contributed by atoms with E-state index in [2.05, 4.69) is 27.5 Å². The number of hydrogen-bond donors (Lipinski definition) is 0. The van der Waals surface area contributed by atoms with Gasteiger partial charge in [0, 0.05) is 19.8 Å². The number of fused-ring (bicyclic) bond motifs is 1. The molecule has 3 aromatic rings. The van der Waals surface area contributed by atoms with E-state index in [1.807, 2.05) is 49.3 Å². The fourth-order valence-corrected chi connectivity index (χ4v) is 5.94. The number of allylic oxidation sites excluding steroid dienone is 1. The van der Waals surface area contributed by atoms with Gasteiger partial charge in [0.05, 0.1) is 40.0 Å². The number of thiazole rings is 1. The van der Waals surface area contributed by atoms with Crippen LogP contribution < -0.4 is 29.3 Å². The Balaban J connectivity index is 1.89.